The van der Waals surface area contributed by atoms with Crippen LogP contribution in [-0.2, 0) is 22.6 Å². The maximum absolute atomic E-state index is 12.4. The molecule has 1 aliphatic heterocycles. The van der Waals surface area contributed by atoms with Crippen LogP contribution in [0.1, 0.15) is 22.7 Å². The van der Waals surface area contributed by atoms with E-state index >= 15 is 0 Å². The molecular formula is C21H21N3O2S. The first-order valence-corrected chi connectivity index (χ1v) is 9.91. The van der Waals surface area contributed by atoms with Crippen LogP contribution >= 0.6 is 11.3 Å². The number of aryl methyl sites for hydroxylation is 1. The van der Waals surface area contributed by atoms with Gasteiger partial charge in [0, 0.05) is 24.9 Å². The second-order valence-electron chi connectivity index (χ2n) is 6.92. The molecule has 0 spiro atoms. The third-order valence-electron chi connectivity index (χ3n) is 4.83. The van der Waals surface area contributed by atoms with Crippen molar-refractivity contribution in [1.29, 1.82) is 0 Å². The lowest BCUT2D eigenvalue weighted by molar-refractivity contribution is -0.128. The highest BCUT2D eigenvalue weighted by Crippen LogP contribution is 2.22. The fraction of sp³-hybridized carbons (Fsp3) is 0.286. The SMILES string of the molecule is Cc1nc(CC(=O)N[C@H]2CC(=O)N(Cc3cccc4ccccc34)C2)cs1. The van der Waals surface area contributed by atoms with Crippen molar-refractivity contribution >= 4 is 33.9 Å². The van der Waals surface area contributed by atoms with Crippen molar-refractivity contribution < 1.29 is 9.59 Å². The Hall–Kier alpha value is -2.73. The van der Waals surface area contributed by atoms with Crippen molar-refractivity contribution in [3.05, 3.63) is 64.1 Å². The minimum Gasteiger partial charge on any atom is -0.351 e. The molecule has 1 fully saturated rings. The van der Waals surface area contributed by atoms with Crippen molar-refractivity contribution in [2.45, 2.75) is 32.4 Å². The van der Waals surface area contributed by atoms with E-state index in [0.29, 0.717) is 19.5 Å². The van der Waals surface area contributed by atoms with E-state index in [0.717, 1.165) is 16.3 Å². The lowest BCUT2D eigenvalue weighted by atomic mass is 10.0. The third-order valence-corrected chi connectivity index (χ3v) is 5.65. The Morgan fingerprint density at radius 3 is 2.89 bits per heavy atom. The molecule has 1 atom stereocenters. The molecule has 1 aromatic heterocycles. The van der Waals surface area contributed by atoms with Gasteiger partial charge in [-0.25, -0.2) is 4.98 Å². The van der Waals surface area contributed by atoms with Crippen LogP contribution < -0.4 is 5.32 Å². The molecule has 2 aromatic carbocycles. The number of rotatable bonds is 5. The number of nitrogens with one attached hydrogen (secondary N) is 1. The van der Waals surface area contributed by atoms with Gasteiger partial charge in [-0.05, 0) is 23.3 Å². The molecular weight excluding hydrogens is 358 g/mol. The summed E-state index contributed by atoms with van der Waals surface area (Å²) in [5.41, 5.74) is 1.92. The predicted octanol–water partition coefficient (Wildman–Crippen LogP) is 3.06. The van der Waals surface area contributed by atoms with E-state index in [1.807, 2.05) is 35.4 Å². The average Bonchev–Trinajstić information content (AvgIpc) is 3.20. The van der Waals surface area contributed by atoms with Crippen molar-refractivity contribution in [2.75, 3.05) is 6.54 Å². The number of hydrogen-bond donors (Lipinski definition) is 1. The summed E-state index contributed by atoms with van der Waals surface area (Å²) in [5, 5.41) is 8.18. The van der Waals surface area contributed by atoms with Crippen molar-refractivity contribution in [3.8, 4) is 0 Å². The zero-order valence-electron chi connectivity index (χ0n) is 15.1. The molecule has 3 aromatic rings. The van der Waals surface area contributed by atoms with Gasteiger partial charge in [-0.2, -0.15) is 0 Å². The summed E-state index contributed by atoms with van der Waals surface area (Å²) in [7, 11) is 0. The van der Waals surface area contributed by atoms with Gasteiger partial charge in [0.1, 0.15) is 0 Å². The second kappa shape index (κ2) is 7.48. The molecule has 5 nitrogen and oxygen atoms in total. The molecule has 27 heavy (non-hydrogen) atoms. The summed E-state index contributed by atoms with van der Waals surface area (Å²) in [5.74, 6) is 0.00264. The Labute approximate surface area is 162 Å². The zero-order chi connectivity index (χ0) is 18.8. The Balaban J connectivity index is 1.39. The number of carbonyl (C=O) groups excluding carboxylic acids is 2. The van der Waals surface area contributed by atoms with Crippen molar-refractivity contribution in [2.24, 2.45) is 0 Å². The number of nitrogens with zero attached hydrogens (tertiary/aromatic N) is 2. The van der Waals surface area contributed by atoms with Crippen LogP contribution in [0.4, 0.5) is 0 Å². The minimum absolute atomic E-state index is 0.0786. The van der Waals surface area contributed by atoms with Gasteiger partial charge >= 0.3 is 0 Å². The molecule has 0 unspecified atom stereocenters. The normalized spacial score (nSPS) is 16.9. The highest BCUT2D eigenvalue weighted by molar-refractivity contribution is 7.09. The second-order valence-corrected chi connectivity index (χ2v) is 7.98. The topological polar surface area (TPSA) is 62.3 Å². The zero-order valence-corrected chi connectivity index (χ0v) is 16.0. The molecule has 0 aliphatic carbocycles. The minimum atomic E-state index is -0.139. The number of thiazole rings is 1. The number of hydrogen-bond acceptors (Lipinski definition) is 4. The van der Waals surface area contributed by atoms with E-state index in [2.05, 4.69) is 34.6 Å². The average molecular weight is 379 g/mol. The van der Waals surface area contributed by atoms with Gasteiger partial charge in [-0.1, -0.05) is 42.5 Å². The largest absolute Gasteiger partial charge is 0.351 e. The summed E-state index contributed by atoms with van der Waals surface area (Å²) in [4.78, 5) is 30.8. The number of benzene rings is 2. The van der Waals surface area contributed by atoms with Crippen LogP contribution in [0, 0.1) is 6.92 Å². The molecule has 0 radical (unpaired) electrons. The number of fused-ring (bicyclic) bond motifs is 1. The van der Waals surface area contributed by atoms with Crippen LogP contribution in [0.5, 0.6) is 0 Å². The lowest BCUT2D eigenvalue weighted by Crippen LogP contribution is -2.37. The lowest BCUT2D eigenvalue weighted by Gasteiger charge is -2.18. The molecule has 0 saturated carbocycles. The van der Waals surface area contributed by atoms with Crippen LogP contribution in [0.2, 0.25) is 0 Å². The van der Waals surface area contributed by atoms with Crippen molar-refractivity contribution in [1.82, 2.24) is 15.2 Å². The number of aromatic nitrogens is 1. The van der Waals surface area contributed by atoms with Gasteiger partial charge in [0.15, 0.2) is 0 Å². The summed E-state index contributed by atoms with van der Waals surface area (Å²) in [6.45, 7) is 3.04. The molecule has 4 rings (SSSR count). The first-order chi connectivity index (χ1) is 13.1. The van der Waals surface area contributed by atoms with E-state index in [4.69, 9.17) is 0 Å². The number of carbonyl (C=O) groups is 2. The highest BCUT2D eigenvalue weighted by atomic mass is 32.1. The number of likely N-dealkylation sites (tertiary alicyclic amines) is 1. The monoisotopic (exact) mass is 379 g/mol. The van der Waals surface area contributed by atoms with Crippen LogP contribution in [0.3, 0.4) is 0 Å². The number of amides is 2. The Kier molecular flexibility index (Phi) is 4.90. The molecule has 0 bridgehead atoms. The van der Waals surface area contributed by atoms with Crippen LogP contribution in [-0.4, -0.2) is 34.3 Å². The Bertz CT molecular complexity index is 993. The molecule has 138 valence electrons. The fourth-order valence-corrected chi connectivity index (χ4v) is 4.20. The highest BCUT2D eigenvalue weighted by Gasteiger charge is 2.30. The Morgan fingerprint density at radius 1 is 1.26 bits per heavy atom. The molecule has 2 amide bonds. The summed E-state index contributed by atoms with van der Waals surface area (Å²) < 4.78 is 0. The van der Waals surface area contributed by atoms with Crippen LogP contribution in [0.15, 0.2) is 47.8 Å². The van der Waals surface area contributed by atoms with Gasteiger partial charge in [0.2, 0.25) is 11.8 Å². The first kappa shape index (κ1) is 17.7. The molecule has 6 heteroatoms. The maximum Gasteiger partial charge on any atom is 0.226 e. The molecule has 2 heterocycles. The van der Waals surface area contributed by atoms with E-state index in [1.165, 1.54) is 22.1 Å². The summed E-state index contributed by atoms with van der Waals surface area (Å²) in [6, 6.07) is 14.2. The third kappa shape index (κ3) is 4.01. The van der Waals surface area contributed by atoms with Gasteiger partial charge in [0.25, 0.3) is 0 Å². The predicted molar refractivity (Wildman–Crippen MR) is 106 cm³/mol. The molecule has 1 aliphatic rings. The van der Waals surface area contributed by atoms with E-state index < -0.39 is 0 Å². The summed E-state index contributed by atoms with van der Waals surface area (Å²) in [6.07, 6.45) is 0.616. The smallest absolute Gasteiger partial charge is 0.226 e. The van der Waals surface area contributed by atoms with Gasteiger partial charge in [-0.3, -0.25) is 9.59 Å². The first-order valence-electron chi connectivity index (χ1n) is 9.03. The van der Waals surface area contributed by atoms with E-state index in [1.54, 1.807) is 0 Å². The maximum atomic E-state index is 12.4. The van der Waals surface area contributed by atoms with E-state index in [9.17, 15) is 9.59 Å². The quantitative estimate of drug-likeness (QED) is 0.741. The van der Waals surface area contributed by atoms with Gasteiger partial charge < -0.3 is 10.2 Å². The fourth-order valence-electron chi connectivity index (χ4n) is 3.59. The standard InChI is InChI=1S/C21H21N3O2S/c1-14-22-18(13-27-14)9-20(25)23-17-10-21(26)24(12-17)11-16-7-4-6-15-5-2-3-8-19(15)16/h2-8,13,17H,9-12H2,1H3,(H,23,25)/t17-/m0/s1. The summed E-state index contributed by atoms with van der Waals surface area (Å²) >= 11 is 1.54. The molecule has 1 saturated heterocycles. The van der Waals surface area contributed by atoms with Gasteiger partial charge in [-0.15, -0.1) is 11.3 Å². The molecule has 1 N–H and O–H groups in total. The van der Waals surface area contributed by atoms with Gasteiger partial charge in [0.05, 0.1) is 23.2 Å². The van der Waals surface area contributed by atoms with Crippen molar-refractivity contribution in [3.63, 3.8) is 0 Å². The van der Waals surface area contributed by atoms with E-state index in [-0.39, 0.29) is 24.3 Å². The Morgan fingerprint density at radius 2 is 2.07 bits per heavy atom. The van der Waals surface area contributed by atoms with Crippen LogP contribution in [0.25, 0.3) is 10.8 Å².